The summed E-state index contributed by atoms with van der Waals surface area (Å²) in [4.78, 5) is 28.4. The van der Waals surface area contributed by atoms with Crippen molar-refractivity contribution < 1.29 is 9.59 Å². The number of hydrogen-bond acceptors (Lipinski definition) is 3. The van der Waals surface area contributed by atoms with E-state index < -0.39 is 0 Å². The molecule has 1 N–H and O–H groups in total. The Morgan fingerprint density at radius 1 is 0.962 bits per heavy atom. The average Bonchev–Trinajstić information content (AvgIpc) is 3.02. The number of nitrogens with zero attached hydrogens (tertiary/aromatic N) is 2. The number of amides is 2. The maximum atomic E-state index is 12.6. The van der Waals surface area contributed by atoms with E-state index in [9.17, 15) is 9.59 Å². The first-order valence-electron chi connectivity index (χ1n) is 9.13. The minimum absolute atomic E-state index is 0.0259. The summed E-state index contributed by atoms with van der Waals surface area (Å²) in [5, 5.41) is 2.83. The second-order valence-corrected chi connectivity index (χ2v) is 7.04. The third-order valence-corrected chi connectivity index (χ3v) is 5.12. The molecule has 5 nitrogen and oxygen atoms in total. The Kier molecular flexibility index (Phi) is 4.71. The standard InChI is InChI=1S/C21H23N3O2/c25-20-14-18-12-17(6-7-19(18)22-20)13-21(26)24-10-8-23(9-11-24)15-16-4-2-1-3-5-16/h1-7,12H,8-11,13-15H2,(H,22,25). The van der Waals surface area contributed by atoms with E-state index in [0.29, 0.717) is 12.8 Å². The van der Waals surface area contributed by atoms with Crippen molar-refractivity contribution in [2.75, 3.05) is 31.5 Å². The SMILES string of the molecule is O=C1Cc2cc(CC(=O)N3CCN(Cc4ccccc4)CC3)ccc2N1. The third-order valence-electron chi connectivity index (χ3n) is 5.12. The fourth-order valence-corrected chi connectivity index (χ4v) is 3.68. The number of benzene rings is 2. The molecule has 1 fully saturated rings. The summed E-state index contributed by atoms with van der Waals surface area (Å²) in [5.74, 6) is 0.194. The summed E-state index contributed by atoms with van der Waals surface area (Å²) in [5.41, 5.74) is 4.17. The zero-order valence-electron chi connectivity index (χ0n) is 14.8. The van der Waals surface area contributed by atoms with Crippen LogP contribution in [-0.2, 0) is 29.0 Å². The first-order chi connectivity index (χ1) is 12.7. The van der Waals surface area contributed by atoms with Gasteiger partial charge in [0.1, 0.15) is 0 Å². The van der Waals surface area contributed by atoms with Crippen LogP contribution in [0.4, 0.5) is 5.69 Å². The van der Waals surface area contributed by atoms with Gasteiger partial charge in [-0.3, -0.25) is 14.5 Å². The van der Waals surface area contributed by atoms with Gasteiger partial charge >= 0.3 is 0 Å². The van der Waals surface area contributed by atoms with Gasteiger partial charge in [-0.25, -0.2) is 0 Å². The van der Waals surface area contributed by atoms with Crippen LogP contribution < -0.4 is 5.32 Å². The lowest BCUT2D eigenvalue weighted by Crippen LogP contribution is -2.48. The van der Waals surface area contributed by atoms with E-state index in [1.807, 2.05) is 29.2 Å². The number of nitrogens with one attached hydrogen (secondary N) is 1. The van der Waals surface area contributed by atoms with Gasteiger partial charge in [0.15, 0.2) is 0 Å². The Morgan fingerprint density at radius 3 is 2.50 bits per heavy atom. The van der Waals surface area contributed by atoms with Crippen LogP contribution in [0.15, 0.2) is 48.5 Å². The molecule has 0 saturated carbocycles. The number of anilines is 1. The molecule has 2 amide bonds. The highest BCUT2D eigenvalue weighted by molar-refractivity contribution is 5.99. The maximum absolute atomic E-state index is 12.6. The van der Waals surface area contributed by atoms with Gasteiger partial charge < -0.3 is 10.2 Å². The highest BCUT2D eigenvalue weighted by Crippen LogP contribution is 2.24. The van der Waals surface area contributed by atoms with E-state index in [4.69, 9.17) is 0 Å². The molecular weight excluding hydrogens is 326 g/mol. The number of fused-ring (bicyclic) bond motifs is 1. The fraction of sp³-hybridized carbons (Fsp3) is 0.333. The molecule has 2 aromatic carbocycles. The number of piperazine rings is 1. The molecule has 2 heterocycles. The van der Waals surface area contributed by atoms with E-state index in [2.05, 4.69) is 34.5 Å². The maximum Gasteiger partial charge on any atom is 0.228 e. The van der Waals surface area contributed by atoms with Gasteiger partial charge in [-0.05, 0) is 22.8 Å². The molecule has 2 aromatic rings. The van der Waals surface area contributed by atoms with Gasteiger partial charge in [-0.15, -0.1) is 0 Å². The van der Waals surface area contributed by atoms with Gasteiger partial charge in [-0.1, -0.05) is 42.5 Å². The molecule has 0 spiro atoms. The van der Waals surface area contributed by atoms with E-state index in [-0.39, 0.29) is 11.8 Å². The number of carbonyl (C=O) groups excluding carboxylic acids is 2. The largest absolute Gasteiger partial charge is 0.340 e. The summed E-state index contributed by atoms with van der Waals surface area (Å²) in [6.07, 6.45) is 0.815. The van der Waals surface area contributed by atoms with Crippen molar-refractivity contribution in [3.63, 3.8) is 0 Å². The van der Waals surface area contributed by atoms with Gasteiger partial charge in [0.05, 0.1) is 12.8 Å². The topological polar surface area (TPSA) is 52.7 Å². The van der Waals surface area contributed by atoms with Gasteiger partial charge in [-0.2, -0.15) is 0 Å². The molecule has 0 atom stereocenters. The van der Waals surface area contributed by atoms with E-state index in [1.165, 1.54) is 5.56 Å². The predicted octanol–water partition coefficient (Wildman–Crippen LogP) is 2.07. The monoisotopic (exact) mass is 349 g/mol. The lowest BCUT2D eigenvalue weighted by Gasteiger charge is -2.34. The van der Waals surface area contributed by atoms with Crippen LogP contribution >= 0.6 is 0 Å². The number of rotatable bonds is 4. The quantitative estimate of drug-likeness (QED) is 0.919. The lowest BCUT2D eigenvalue weighted by atomic mass is 10.1. The van der Waals surface area contributed by atoms with Crippen LogP contribution in [0.3, 0.4) is 0 Å². The zero-order valence-corrected chi connectivity index (χ0v) is 14.8. The molecule has 134 valence electrons. The number of hydrogen-bond donors (Lipinski definition) is 1. The Morgan fingerprint density at radius 2 is 1.73 bits per heavy atom. The van der Waals surface area contributed by atoms with Crippen LogP contribution in [0, 0.1) is 0 Å². The Labute approximate surface area is 153 Å². The average molecular weight is 349 g/mol. The molecule has 26 heavy (non-hydrogen) atoms. The minimum atomic E-state index is 0.0259. The molecule has 1 saturated heterocycles. The molecule has 0 bridgehead atoms. The molecule has 5 heteroatoms. The first-order valence-corrected chi connectivity index (χ1v) is 9.13. The molecule has 0 aromatic heterocycles. The predicted molar refractivity (Wildman–Crippen MR) is 101 cm³/mol. The van der Waals surface area contributed by atoms with Gasteiger partial charge in [0, 0.05) is 38.4 Å². The van der Waals surface area contributed by atoms with Crippen LogP contribution in [0.25, 0.3) is 0 Å². The summed E-state index contributed by atoms with van der Waals surface area (Å²) in [6, 6.07) is 16.3. The number of carbonyl (C=O) groups is 2. The van der Waals surface area contributed by atoms with Crippen LogP contribution in [0.5, 0.6) is 0 Å². The fourth-order valence-electron chi connectivity index (χ4n) is 3.68. The Bertz CT molecular complexity index is 811. The summed E-state index contributed by atoms with van der Waals surface area (Å²) >= 11 is 0. The van der Waals surface area contributed by atoms with Crippen molar-refractivity contribution >= 4 is 17.5 Å². The van der Waals surface area contributed by atoms with Crippen molar-refractivity contribution in [2.45, 2.75) is 19.4 Å². The van der Waals surface area contributed by atoms with Crippen molar-refractivity contribution in [1.29, 1.82) is 0 Å². The van der Waals surface area contributed by atoms with Gasteiger partial charge in [0.2, 0.25) is 11.8 Å². The highest BCUT2D eigenvalue weighted by Gasteiger charge is 2.22. The normalized spacial score (nSPS) is 17.1. The van der Waals surface area contributed by atoms with Crippen LogP contribution in [-0.4, -0.2) is 47.8 Å². The van der Waals surface area contributed by atoms with Crippen molar-refractivity contribution in [3.8, 4) is 0 Å². The summed E-state index contributed by atoms with van der Waals surface area (Å²) < 4.78 is 0. The molecule has 4 rings (SSSR count). The Hall–Kier alpha value is -2.66. The van der Waals surface area contributed by atoms with Crippen molar-refractivity contribution in [2.24, 2.45) is 0 Å². The molecule has 2 aliphatic heterocycles. The molecule has 0 unspecified atom stereocenters. The van der Waals surface area contributed by atoms with Gasteiger partial charge in [0.25, 0.3) is 0 Å². The molecule has 0 aliphatic carbocycles. The minimum Gasteiger partial charge on any atom is -0.340 e. The Balaban J connectivity index is 1.30. The first kappa shape index (κ1) is 16.8. The van der Waals surface area contributed by atoms with Crippen molar-refractivity contribution in [3.05, 3.63) is 65.2 Å². The smallest absolute Gasteiger partial charge is 0.228 e. The zero-order chi connectivity index (χ0) is 17.9. The lowest BCUT2D eigenvalue weighted by molar-refractivity contribution is -0.132. The second kappa shape index (κ2) is 7.30. The molecular formula is C21H23N3O2. The molecule has 2 aliphatic rings. The van der Waals surface area contributed by atoms with Crippen molar-refractivity contribution in [1.82, 2.24) is 9.80 Å². The van der Waals surface area contributed by atoms with Crippen LogP contribution in [0.2, 0.25) is 0 Å². The summed E-state index contributed by atoms with van der Waals surface area (Å²) in [7, 11) is 0. The van der Waals surface area contributed by atoms with E-state index in [1.54, 1.807) is 0 Å². The second-order valence-electron chi connectivity index (χ2n) is 7.04. The van der Waals surface area contributed by atoms with E-state index >= 15 is 0 Å². The summed E-state index contributed by atoms with van der Waals surface area (Å²) in [6.45, 7) is 4.30. The van der Waals surface area contributed by atoms with E-state index in [0.717, 1.165) is 49.5 Å². The molecule has 0 radical (unpaired) electrons. The third kappa shape index (κ3) is 3.78. The van der Waals surface area contributed by atoms with Crippen LogP contribution in [0.1, 0.15) is 16.7 Å². The highest BCUT2D eigenvalue weighted by atomic mass is 16.2.